The number of nitrogens with one attached hydrogen (secondary N) is 2. The van der Waals surface area contributed by atoms with Gasteiger partial charge in [0.1, 0.15) is 11.4 Å². The van der Waals surface area contributed by atoms with Gasteiger partial charge in [0.15, 0.2) is 11.6 Å². The summed E-state index contributed by atoms with van der Waals surface area (Å²) in [6, 6.07) is 6.07. The number of carbonyl (C=O) groups excluding carboxylic acids is 1. The lowest BCUT2D eigenvalue weighted by Gasteiger charge is -2.17. The van der Waals surface area contributed by atoms with Gasteiger partial charge in [0.25, 0.3) is 0 Å². The van der Waals surface area contributed by atoms with Crippen molar-refractivity contribution in [2.24, 2.45) is 11.8 Å². The fourth-order valence-electron chi connectivity index (χ4n) is 3.43. The van der Waals surface area contributed by atoms with Gasteiger partial charge in [-0.15, -0.1) is 0 Å². The number of anilines is 2. The molecule has 9 heteroatoms. The van der Waals surface area contributed by atoms with Gasteiger partial charge in [0, 0.05) is 29.9 Å². The number of ketones is 1. The molecule has 1 aliphatic carbocycles. The van der Waals surface area contributed by atoms with Crippen molar-refractivity contribution >= 4 is 32.2 Å². The third kappa shape index (κ3) is 8.77. The van der Waals surface area contributed by atoms with E-state index >= 15 is 0 Å². The number of aromatic nitrogens is 2. The lowest BCUT2D eigenvalue weighted by atomic mass is 9.88. The Morgan fingerprint density at radius 2 is 1.74 bits per heavy atom. The molecule has 2 aromatic rings. The standard InChI is InChI=1S/C17H21F2N4OP.C9H14O/c1-3-11(4-2)14(20)15-16(22-10-9-21-15)23-12-5-7-13(8-6-12)24-17(18,19)25;1-3-7(2)9(10)8-5-4-6-8/h5-11,20H,3-4,25H2,1-2H3,(H,22,23);5,7H,3-4,6H2,1-2H3. The van der Waals surface area contributed by atoms with Crippen LogP contribution in [0.15, 0.2) is 48.3 Å². The van der Waals surface area contributed by atoms with Gasteiger partial charge < -0.3 is 15.5 Å². The van der Waals surface area contributed by atoms with Gasteiger partial charge in [-0.05, 0) is 71.2 Å². The van der Waals surface area contributed by atoms with Crippen LogP contribution in [0.3, 0.4) is 0 Å². The maximum Gasteiger partial charge on any atom is 0.408 e. The average molecular weight is 505 g/mol. The smallest absolute Gasteiger partial charge is 0.408 e. The van der Waals surface area contributed by atoms with Crippen LogP contribution in [-0.2, 0) is 4.79 Å². The lowest BCUT2D eigenvalue weighted by Crippen LogP contribution is -2.17. The molecule has 0 saturated heterocycles. The third-order valence-corrected chi connectivity index (χ3v) is 6.02. The number of allylic oxidation sites excluding steroid dienone is 2. The second kappa shape index (κ2) is 13.4. The average Bonchev–Trinajstić information content (AvgIpc) is 2.79. The van der Waals surface area contributed by atoms with Crippen LogP contribution in [0.25, 0.3) is 0 Å². The Kier molecular flexibility index (Phi) is 10.9. The van der Waals surface area contributed by atoms with Crippen LogP contribution >= 0.6 is 9.24 Å². The molecule has 2 atom stereocenters. The van der Waals surface area contributed by atoms with Crippen molar-refractivity contribution in [1.82, 2.24) is 9.97 Å². The molecule has 0 radical (unpaired) electrons. The second-order valence-electron chi connectivity index (χ2n) is 8.44. The molecule has 2 unspecified atom stereocenters. The van der Waals surface area contributed by atoms with E-state index in [0.29, 0.717) is 28.7 Å². The molecule has 6 nitrogen and oxygen atoms in total. The van der Waals surface area contributed by atoms with Crippen molar-refractivity contribution in [2.45, 2.75) is 65.6 Å². The number of halogens is 2. The molecule has 1 aliphatic rings. The zero-order valence-electron chi connectivity index (χ0n) is 20.8. The minimum absolute atomic E-state index is 0.0506. The number of rotatable bonds is 11. The number of hydrogen-bond acceptors (Lipinski definition) is 6. The monoisotopic (exact) mass is 504 g/mol. The highest BCUT2D eigenvalue weighted by Crippen LogP contribution is 2.29. The molecule has 0 saturated carbocycles. The van der Waals surface area contributed by atoms with Crippen LogP contribution in [0.1, 0.15) is 65.5 Å². The van der Waals surface area contributed by atoms with Gasteiger partial charge in [0.05, 0.1) is 5.71 Å². The van der Waals surface area contributed by atoms with Crippen molar-refractivity contribution in [3.63, 3.8) is 0 Å². The first kappa shape index (κ1) is 28.5. The molecule has 1 aromatic carbocycles. The summed E-state index contributed by atoms with van der Waals surface area (Å²) in [5, 5.41) is 11.5. The highest BCUT2D eigenvalue weighted by Gasteiger charge is 2.23. The highest BCUT2D eigenvalue weighted by atomic mass is 31.0. The molecule has 0 fully saturated rings. The van der Waals surface area contributed by atoms with Crippen LogP contribution in [-0.4, -0.2) is 27.3 Å². The summed E-state index contributed by atoms with van der Waals surface area (Å²) in [5.41, 5.74) is 2.63. The van der Waals surface area contributed by atoms with Gasteiger partial charge in [-0.3, -0.25) is 4.79 Å². The first-order valence-corrected chi connectivity index (χ1v) is 12.5. The zero-order chi connectivity index (χ0) is 26.0. The normalized spacial score (nSPS) is 13.7. The maximum absolute atomic E-state index is 12.8. The Morgan fingerprint density at radius 3 is 2.23 bits per heavy atom. The molecule has 0 aliphatic heterocycles. The third-order valence-electron chi connectivity index (χ3n) is 5.90. The van der Waals surface area contributed by atoms with Crippen molar-refractivity contribution in [1.29, 1.82) is 5.41 Å². The second-order valence-corrected chi connectivity index (χ2v) is 9.11. The van der Waals surface area contributed by atoms with Crippen molar-refractivity contribution in [2.75, 3.05) is 5.32 Å². The first-order chi connectivity index (χ1) is 16.6. The van der Waals surface area contributed by atoms with Gasteiger partial charge in [-0.2, -0.15) is 8.78 Å². The number of hydrogen-bond donors (Lipinski definition) is 2. The van der Waals surface area contributed by atoms with Crippen LogP contribution in [0.2, 0.25) is 0 Å². The Hall–Kier alpha value is -2.73. The molecule has 35 heavy (non-hydrogen) atoms. The zero-order valence-corrected chi connectivity index (χ0v) is 21.9. The van der Waals surface area contributed by atoms with Gasteiger partial charge >= 0.3 is 5.85 Å². The Bertz CT molecular complexity index is 1020. The molecule has 2 N–H and O–H groups in total. The van der Waals surface area contributed by atoms with Gasteiger partial charge in [-0.1, -0.05) is 33.8 Å². The van der Waals surface area contributed by atoms with Crippen LogP contribution < -0.4 is 10.1 Å². The predicted molar refractivity (Wildman–Crippen MR) is 140 cm³/mol. The van der Waals surface area contributed by atoms with Crippen LogP contribution in [0.4, 0.5) is 20.3 Å². The number of benzene rings is 1. The van der Waals surface area contributed by atoms with E-state index in [9.17, 15) is 13.6 Å². The van der Waals surface area contributed by atoms with E-state index < -0.39 is 5.85 Å². The van der Waals surface area contributed by atoms with Crippen LogP contribution in [0, 0.1) is 17.2 Å². The van der Waals surface area contributed by atoms with Crippen molar-refractivity contribution < 1.29 is 18.3 Å². The van der Waals surface area contributed by atoms with Crippen LogP contribution in [0.5, 0.6) is 5.75 Å². The van der Waals surface area contributed by atoms with E-state index in [2.05, 4.69) is 33.0 Å². The topological polar surface area (TPSA) is 88.0 Å². The van der Waals surface area contributed by atoms with E-state index in [1.54, 1.807) is 24.5 Å². The molecule has 190 valence electrons. The molecule has 0 spiro atoms. The van der Waals surface area contributed by atoms with Gasteiger partial charge in [0.2, 0.25) is 0 Å². The molecule has 0 bridgehead atoms. The summed E-state index contributed by atoms with van der Waals surface area (Å²) < 4.78 is 30.1. The minimum Gasteiger partial charge on any atom is -0.430 e. The summed E-state index contributed by atoms with van der Waals surface area (Å²) in [5.74, 6) is -2.08. The SMILES string of the molecule is CCC(C)C(=O)C1=CCC1.CCC(CC)C(=N)c1nccnc1Nc1ccc(OC(F)(F)P)cc1. The lowest BCUT2D eigenvalue weighted by molar-refractivity contribution is -0.119. The summed E-state index contributed by atoms with van der Waals surface area (Å²) in [6.45, 7) is 8.13. The number of carbonyl (C=O) groups is 1. The fourth-order valence-corrected chi connectivity index (χ4v) is 3.57. The molecular weight excluding hydrogens is 469 g/mol. The quantitative estimate of drug-likeness (QED) is 0.251. The largest absolute Gasteiger partial charge is 0.430 e. The summed E-state index contributed by atoms with van der Waals surface area (Å²) in [7, 11) is 1.33. The summed E-state index contributed by atoms with van der Waals surface area (Å²) >= 11 is 0. The Balaban J connectivity index is 0.000000360. The molecular formula is C26H35F2N4O2P. The number of nitrogens with zero attached hydrogens (tertiary/aromatic N) is 2. The van der Waals surface area contributed by atoms with Crippen molar-refractivity contribution in [3.8, 4) is 5.75 Å². The Morgan fingerprint density at radius 1 is 1.14 bits per heavy atom. The minimum atomic E-state index is -3.31. The van der Waals surface area contributed by atoms with E-state index in [1.807, 2.05) is 20.8 Å². The summed E-state index contributed by atoms with van der Waals surface area (Å²) in [6.07, 6.45) is 9.93. The molecule has 1 heterocycles. The van der Waals surface area contributed by atoms with E-state index in [-0.39, 0.29) is 17.6 Å². The number of alkyl halides is 2. The molecule has 3 rings (SSSR count). The Labute approximate surface area is 208 Å². The summed E-state index contributed by atoms with van der Waals surface area (Å²) in [4.78, 5) is 19.8. The fraction of sp³-hybridized carbons (Fsp3) is 0.462. The maximum atomic E-state index is 12.8. The number of Topliss-reactive ketones (excluding diaryl/α,β-unsaturated/α-hetero) is 1. The first-order valence-electron chi connectivity index (χ1n) is 11.9. The van der Waals surface area contributed by atoms with E-state index in [0.717, 1.165) is 37.7 Å². The van der Waals surface area contributed by atoms with E-state index in [1.165, 1.54) is 21.4 Å². The molecule has 0 amide bonds. The number of ether oxygens (including phenoxy) is 1. The predicted octanol–water partition coefficient (Wildman–Crippen LogP) is 7.15. The highest BCUT2D eigenvalue weighted by molar-refractivity contribution is 7.17. The van der Waals surface area contributed by atoms with E-state index in [4.69, 9.17) is 5.41 Å². The van der Waals surface area contributed by atoms with Gasteiger partial charge in [-0.25, -0.2) is 9.97 Å². The molecule has 1 aromatic heterocycles. The van der Waals surface area contributed by atoms with Crippen molar-refractivity contribution in [3.05, 3.63) is 54.0 Å².